The lowest BCUT2D eigenvalue weighted by Crippen LogP contribution is -2.57. The Morgan fingerprint density at radius 1 is 1.25 bits per heavy atom. The Morgan fingerprint density at radius 3 is 2.68 bits per heavy atom. The molecule has 1 fully saturated rings. The van der Waals surface area contributed by atoms with Crippen LogP contribution in [0.2, 0.25) is 0 Å². The standard InChI is InChI=1S/C18H20F3N3O4/c19-18(20,21)15(24-7-5-22-6-8-24)10-23-16(25)11-27-13-3-1-12-2-4-17(26)28-14(12)9-13/h1-4,9,15,22H,5-8,10-11H2,(H,23,25). The summed E-state index contributed by atoms with van der Waals surface area (Å²) in [7, 11) is 0. The normalized spacial score (nSPS) is 16.7. The van der Waals surface area contributed by atoms with Crippen LogP contribution in [0.5, 0.6) is 5.75 Å². The van der Waals surface area contributed by atoms with Gasteiger partial charge >= 0.3 is 11.8 Å². The topological polar surface area (TPSA) is 83.8 Å². The van der Waals surface area contributed by atoms with E-state index in [9.17, 15) is 22.8 Å². The highest BCUT2D eigenvalue weighted by atomic mass is 19.4. The highest BCUT2D eigenvalue weighted by Crippen LogP contribution is 2.25. The number of hydrogen-bond donors (Lipinski definition) is 2. The van der Waals surface area contributed by atoms with Crippen LogP contribution in [0.25, 0.3) is 11.0 Å². The van der Waals surface area contributed by atoms with Crippen molar-refractivity contribution in [2.45, 2.75) is 12.2 Å². The summed E-state index contributed by atoms with van der Waals surface area (Å²) in [5.41, 5.74) is -0.227. The van der Waals surface area contributed by atoms with Gasteiger partial charge in [0.2, 0.25) is 0 Å². The molecule has 7 nitrogen and oxygen atoms in total. The minimum atomic E-state index is -4.44. The Balaban J connectivity index is 1.55. The lowest BCUT2D eigenvalue weighted by molar-refractivity contribution is -0.184. The second-order valence-corrected chi connectivity index (χ2v) is 6.39. The van der Waals surface area contributed by atoms with E-state index in [2.05, 4.69) is 10.6 Å². The maximum Gasteiger partial charge on any atom is 0.405 e. The molecule has 28 heavy (non-hydrogen) atoms. The van der Waals surface area contributed by atoms with Crippen molar-refractivity contribution in [3.63, 3.8) is 0 Å². The molecule has 10 heteroatoms. The number of benzene rings is 1. The third-order valence-corrected chi connectivity index (χ3v) is 4.43. The molecule has 152 valence electrons. The van der Waals surface area contributed by atoms with Crippen molar-refractivity contribution in [3.8, 4) is 5.75 Å². The van der Waals surface area contributed by atoms with Crippen molar-refractivity contribution in [3.05, 3.63) is 40.8 Å². The van der Waals surface area contributed by atoms with Gasteiger partial charge in [0.1, 0.15) is 17.4 Å². The minimum absolute atomic E-state index is 0.263. The Bertz CT molecular complexity index is 878. The van der Waals surface area contributed by atoms with Crippen molar-refractivity contribution in [1.82, 2.24) is 15.5 Å². The van der Waals surface area contributed by atoms with E-state index in [-0.39, 0.29) is 18.8 Å². The number of nitrogens with one attached hydrogen (secondary N) is 2. The van der Waals surface area contributed by atoms with Gasteiger partial charge in [-0.15, -0.1) is 0 Å². The van der Waals surface area contributed by atoms with Gasteiger partial charge in [-0.1, -0.05) is 0 Å². The first-order valence-corrected chi connectivity index (χ1v) is 8.78. The number of fused-ring (bicyclic) bond motifs is 1. The second kappa shape index (κ2) is 8.61. The lowest BCUT2D eigenvalue weighted by atomic mass is 10.2. The Kier molecular flexibility index (Phi) is 6.20. The smallest absolute Gasteiger partial charge is 0.405 e. The maximum absolute atomic E-state index is 13.3. The van der Waals surface area contributed by atoms with Gasteiger partial charge in [-0.2, -0.15) is 13.2 Å². The monoisotopic (exact) mass is 399 g/mol. The largest absolute Gasteiger partial charge is 0.484 e. The van der Waals surface area contributed by atoms with Gasteiger partial charge in [-0.25, -0.2) is 4.79 Å². The molecule has 0 radical (unpaired) electrons. The lowest BCUT2D eigenvalue weighted by Gasteiger charge is -2.35. The Morgan fingerprint density at radius 2 is 1.96 bits per heavy atom. The molecule has 1 aromatic carbocycles. The zero-order valence-electron chi connectivity index (χ0n) is 14.9. The van der Waals surface area contributed by atoms with Crippen LogP contribution in [0, 0.1) is 0 Å². The zero-order chi connectivity index (χ0) is 20.1. The summed E-state index contributed by atoms with van der Waals surface area (Å²) in [4.78, 5) is 24.5. The van der Waals surface area contributed by atoms with Gasteiger partial charge in [0.05, 0.1) is 0 Å². The van der Waals surface area contributed by atoms with E-state index in [0.717, 1.165) is 0 Å². The van der Waals surface area contributed by atoms with Crippen LogP contribution in [-0.4, -0.2) is 62.4 Å². The van der Waals surface area contributed by atoms with Crippen molar-refractivity contribution >= 4 is 16.9 Å². The molecule has 1 unspecified atom stereocenters. The van der Waals surface area contributed by atoms with E-state index in [0.29, 0.717) is 24.1 Å². The van der Waals surface area contributed by atoms with Gasteiger partial charge in [-0.05, 0) is 18.2 Å². The number of piperazine rings is 1. The predicted molar refractivity (Wildman–Crippen MR) is 95.3 cm³/mol. The molecule has 2 aromatic rings. The van der Waals surface area contributed by atoms with Crippen LogP contribution in [-0.2, 0) is 4.79 Å². The van der Waals surface area contributed by atoms with E-state index < -0.39 is 36.9 Å². The van der Waals surface area contributed by atoms with E-state index in [1.165, 1.54) is 17.0 Å². The highest BCUT2D eigenvalue weighted by molar-refractivity contribution is 5.79. The Hall–Kier alpha value is -2.59. The summed E-state index contributed by atoms with van der Waals surface area (Å²) in [6, 6.07) is 5.80. The fraction of sp³-hybridized carbons (Fsp3) is 0.444. The summed E-state index contributed by atoms with van der Waals surface area (Å²) in [6.07, 6.45) is -4.44. The van der Waals surface area contributed by atoms with Crippen LogP contribution >= 0.6 is 0 Å². The molecular weight excluding hydrogens is 379 g/mol. The number of hydrogen-bond acceptors (Lipinski definition) is 6. The SMILES string of the molecule is O=C(COc1ccc2ccc(=O)oc2c1)NCC(N1CCNCC1)C(F)(F)F. The summed E-state index contributed by atoms with van der Waals surface area (Å²) in [5.74, 6) is -0.398. The number of amides is 1. The molecule has 1 aromatic heterocycles. The number of nitrogens with zero attached hydrogens (tertiary/aromatic N) is 1. The van der Waals surface area contributed by atoms with Crippen LogP contribution < -0.4 is 21.0 Å². The average molecular weight is 399 g/mol. The Labute approximate surface area is 158 Å². The van der Waals surface area contributed by atoms with Crippen LogP contribution in [0.3, 0.4) is 0 Å². The molecule has 1 saturated heterocycles. The number of rotatable bonds is 6. The molecular formula is C18H20F3N3O4. The zero-order valence-corrected chi connectivity index (χ0v) is 14.9. The molecule has 1 aliphatic heterocycles. The molecule has 2 N–H and O–H groups in total. The molecule has 0 aliphatic carbocycles. The van der Waals surface area contributed by atoms with Crippen molar-refractivity contribution < 1.29 is 27.1 Å². The van der Waals surface area contributed by atoms with E-state index in [1.807, 2.05) is 0 Å². The second-order valence-electron chi connectivity index (χ2n) is 6.39. The maximum atomic E-state index is 13.3. The summed E-state index contributed by atoms with van der Waals surface area (Å²) in [6.45, 7) is 0.480. The first-order valence-electron chi connectivity index (χ1n) is 8.78. The number of alkyl halides is 3. The van der Waals surface area contributed by atoms with Crippen LogP contribution in [0.4, 0.5) is 13.2 Å². The quantitative estimate of drug-likeness (QED) is 0.709. The van der Waals surface area contributed by atoms with E-state index in [1.54, 1.807) is 18.2 Å². The van der Waals surface area contributed by atoms with Gasteiger partial charge in [0.25, 0.3) is 5.91 Å². The van der Waals surface area contributed by atoms with Gasteiger partial charge in [0.15, 0.2) is 6.61 Å². The van der Waals surface area contributed by atoms with Gasteiger partial charge in [-0.3, -0.25) is 9.69 Å². The number of carbonyl (C=O) groups is 1. The van der Waals surface area contributed by atoms with Crippen LogP contribution in [0.1, 0.15) is 0 Å². The van der Waals surface area contributed by atoms with Crippen LogP contribution in [0.15, 0.2) is 39.5 Å². The molecule has 1 aliphatic rings. The number of carbonyl (C=O) groups excluding carboxylic acids is 1. The summed E-state index contributed by atoms with van der Waals surface area (Å²) >= 11 is 0. The fourth-order valence-corrected chi connectivity index (χ4v) is 2.99. The van der Waals surface area contributed by atoms with Crippen molar-refractivity contribution in [1.29, 1.82) is 0 Å². The molecule has 0 spiro atoms. The van der Waals surface area contributed by atoms with Crippen molar-refractivity contribution in [2.24, 2.45) is 0 Å². The van der Waals surface area contributed by atoms with Gasteiger partial charge < -0.3 is 19.8 Å². The third kappa shape index (κ3) is 5.23. The molecule has 0 saturated carbocycles. The summed E-state index contributed by atoms with van der Waals surface area (Å²) < 4.78 is 50.2. The first-order chi connectivity index (χ1) is 13.3. The molecule has 1 amide bonds. The van der Waals surface area contributed by atoms with Crippen molar-refractivity contribution in [2.75, 3.05) is 39.3 Å². The first kappa shape index (κ1) is 20.2. The molecule has 0 bridgehead atoms. The molecule has 3 rings (SSSR count). The average Bonchev–Trinajstić information content (AvgIpc) is 2.66. The highest BCUT2D eigenvalue weighted by Gasteiger charge is 2.43. The predicted octanol–water partition coefficient (Wildman–Crippen LogP) is 1.12. The van der Waals surface area contributed by atoms with E-state index >= 15 is 0 Å². The summed E-state index contributed by atoms with van der Waals surface area (Å²) in [5, 5.41) is 5.96. The third-order valence-electron chi connectivity index (χ3n) is 4.43. The van der Waals surface area contributed by atoms with E-state index in [4.69, 9.17) is 9.15 Å². The fourth-order valence-electron chi connectivity index (χ4n) is 2.99. The number of ether oxygens (including phenoxy) is 1. The number of halogens is 3. The van der Waals surface area contributed by atoms with Gasteiger partial charge in [0, 0.05) is 50.2 Å². The molecule has 1 atom stereocenters. The minimum Gasteiger partial charge on any atom is -0.484 e. The molecule has 2 heterocycles.